The maximum Gasteiger partial charge on any atom is 0.124 e. The van der Waals surface area contributed by atoms with E-state index in [2.05, 4.69) is 50.9 Å². The van der Waals surface area contributed by atoms with E-state index in [4.69, 9.17) is 4.74 Å². The van der Waals surface area contributed by atoms with Gasteiger partial charge >= 0.3 is 0 Å². The van der Waals surface area contributed by atoms with E-state index in [1.54, 1.807) is 0 Å². The van der Waals surface area contributed by atoms with Crippen LogP contribution in [-0.2, 0) is 0 Å². The van der Waals surface area contributed by atoms with Crippen LogP contribution in [0.2, 0.25) is 0 Å². The van der Waals surface area contributed by atoms with Crippen LogP contribution in [0.3, 0.4) is 0 Å². The van der Waals surface area contributed by atoms with Gasteiger partial charge in [-0.2, -0.15) is 0 Å². The molecule has 2 heteroatoms. The maximum atomic E-state index is 5.90. The second-order valence-corrected chi connectivity index (χ2v) is 4.60. The number of nitrogens with one attached hydrogen (secondary N) is 1. The minimum atomic E-state index is 0.324. The minimum Gasteiger partial charge on any atom is -0.493 e. The Balaban J connectivity index is 2.73. The molecule has 0 radical (unpaired) electrons. The zero-order chi connectivity index (χ0) is 13.4. The summed E-state index contributed by atoms with van der Waals surface area (Å²) in [6.07, 6.45) is 3.96. The Bertz CT molecular complexity index is 373. The highest BCUT2D eigenvalue weighted by atomic mass is 16.5. The number of rotatable bonds is 8. The lowest BCUT2D eigenvalue weighted by Crippen LogP contribution is -2.18. The normalized spacial score (nSPS) is 12.2. The second kappa shape index (κ2) is 7.93. The average molecular weight is 247 g/mol. The summed E-state index contributed by atoms with van der Waals surface area (Å²) in [5.41, 5.74) is 2.47. The van der Waals surface area contributed by atoms with Crippen molar-refractivity contribution in [1.82, 2.24) is 5.32 Å². The molecular weight excluding hydrogens is 222 g/mol. The van der Waals surface area contributed by atoms with Crippen molar-refractivity contribution >= 4 is 0 Å². The van der Waals surface area contributed by atoms with Gasteiger partial charge in [0.15, 0.2) is 0 Å². The van der Waals surface area contributed by atoms with Crippen molar-refractivity contribution in [3.63, 3.8) is 0 Å². The van der Waals surface area contributed by atoms with Gasteiger partial charge in [-0.15, -0.1) is 6.58 Å². The van der Waals surface area contributed by atoms with E-state index in [1.807, 2.05) is 6.08 Å². The van der Waals surface area contributed by atoms with Crippen LogP contribution < -0.4 is 10.1 Å². The van der Waals surface area contributed by atoms with Gasteiger partial charge in [-0.25, -0.2) is 0 Å². The number of aryl methyl sites for hydroxylation is 1. The van der Waals surface area contributed by atoms with Crippen LogP contribution in [0.5, 0.6) is 5.75 Å². The molecule has 0 saturated carbocycles. The number of hydrogen-bond acceptors (Lipinski definition) is 2. The molecule has 1 rings (SSSR count). The van der Waals surface area contributed by atoms with Gasteiger partial charge in [-0.1, -0.05) is 25.1 Å². The molecular formula is C16H25NO. The van der Waals surface area contributed by atoms with E-state index in [1.165, 1.54) is 11.1 Å². The first-order valence-corrected chi connectivity index (χ1v) is 6.76. The molecule has 18 heavy (non-hydrogen) atoms. The molecule has 1 unspecified atom stereocenters. The summed E-state index contributed by atoms with van der Waals surface area (Å²) in [6.45, 7) is 11.8. The molecule has 0 saturated heterocycles. The Hall–Kier alpha value is -1.28. The van der Waals surface area contributed by atoms with Crippen LogP contribution in [0, 0.1) is 6.92 Å². The first kappa shape index (κ1) is 14.8. The molecule has 0 aliphatic heterocycles. The summed E-state index contributed by atoms with van der Waals surface area (Å²) in [7, 11) is 0. The quantitative estimate of drug-likeness (QED) is 0.553. The molecule has 1 N–H and O–H groups in total. The molecule has 1 aromatic rings. The second-order valence-electron chi connectivity index (χ2n) is 4.60. The van der Waals surface area contributed by atoms with E-state index >= 15 is 0 Å². The number of allylic oxidation sites excluding steroid dienone is 1. The van der Waals surface area contributed by atoms with Crippen molar-refractivity contribution in [2.75, 3.05) is 13.2 Å². The van der Waals surface area contributed by atoms with Crippen LogP contribution in [0.1, 0.15) is 43.9 Å². The van der Waals surface area contributed by atoms with Crippen molar-refractivity contribution in [2.45, 2.75) is 39.7 Å². The van der Waals surface area contributed by atoms with Crippen LogP contribution in [-0.4, -0.2) is 13.2 Å². The third-order valence-corrected chi connectivity index (χ3v) is 2.96. The molecule has 0 aromatic heterocycles. The first-order valence-electron chi connectivity index (χ1n) is 6.76. The van der Waals surface area contributed by atoms with Gasteiger partial charge in [-0.3, -0.25) is 0 Å². The van der Waals surface area contributed by atoms with Crippen molar-refractivity contribution in [1.29, 1.82) is 0 Å². The molecule has 0 heterocycles. The number of benzene rings is 1. The predicted octanol–water partition coefficient (Wildman–Crippen LogP) is 4.01. The third-order valence-electron chi connectivity index (χ3n) is 2.96. The van der Waals surface area contributed by atoms with Crippen molar-refractivity contribution in [3.05, 3.63) is 42.0 Å². The molecule has 2 nitrogen and oxygen atoms in total. The zero-order valence-corrected chi connectivity index (χ0v) is 11.8. The lowest BCUT2D eigenvalue weighted by molar-refractivity contribution is 0.306. The predicted molar refractivity (Wildman–Crippen MR) is 78.2 cm³/mol. The Morgan fingerprint density at radius 2 is 2.22 bits per heavy atom. The van der Waals surface area contributed by atoms with E-state index in [0.29, 0.717) is 6.04 Å². The highest BCUT2D eigenvalue weighted by Gasteiger charge is 2.10. The Morgan fingerprint density at radius 3 is 2.89 bits per heavy atom. The fourth-order valence-corrected chi connectivity index (χ4v) is 1.95. The van der Waals surface area contributed by atoms with Crippen molar-refractivity contribution in [2.24, 2.45) is 0 Å². The summed E-state index contributed by atoms with van der Waals surface area (Å²) < 4.78 is 5.90. The molecule has 0 bridgehead atoms. The average Bonchev–Trinajstić information content (AvgIpc) is 2.35. The fraction of sp³-hybridized carbons (Fsp3) is 0.500. The van der Waals surface area contributed by atoms with Gasteiger partial charge in [0.2, 0.25) is 0 Å². The highest BCUT2D eigenvalue weighted by molar-refractivity contribution is 5.39. The molecule has 0 fully saturated rings. The first-order chi connectivity index (χ1) is 8.69. The zero-order valence-electron chi connectivity index (χ0n) is 11.8. The molecule has 100 valence electrons. The molecule has 0 amide bonds. The summed E-state index contributed by atoms with van der Waals surface area (Å²) in [5, 5.41) is 3.43. The van der Waals surface area contributed by atoms with Gasteiger partial charge in [0.25, 0.3) is 0 Å². The molecule has 0 spiro atoms. The van der Waals surface area contributed by atoms with E-state index < -0.39 is 0 Å². The summed E-state index contributed by atoms with van der Waals surface area (Å²) in [5.74, 6) is 1.01. The monoisotopic (exact) mass is 247 g/mol. The smallest absolute Gasteiger partial charge is 0.124 e. The minimum absolute atomic E-state index is 0.324. The molecule has 0 aliphatic carbocycles. The lowest BCUT2D eigenvalue weighted by Gasteiger charge is -2.18. The van der Waals surface area contributed by atoms with E-state index in [0.717, 1.165) is 31.7 Å². The Morgan fingerprint density at radius 1 is 1.44 bits per heavy atom. The van der Waals surface area contributed by atoms with E-state index in [-0.39, 0.29) is 0 Å². The number of unbranched alkanes of at least 4 members (excludes halogenated alkanes) is 1. The fourth-order valence-electron chi connectivity index (χ4n) is 1.95. The summed E-state index contributed by atoms with van der Waals surface area (Å²) >= 11 is 0. The Kier molecular flexibility index (Phi) is 6.51. The van der Waals surface area contributed by atoms with Crippen LogP contribution >= 0.6 is 0 Å². The molecule has 1 aromatic carbocycles. The third kappa shape index (κ3) is 4.53. The SMILES string of the molecule is C=CCCCOc1cc(C)ccc1C(C)NCC. The van der Waals surface area contributed by atoms with Crippen LogP contribution in [0.4, 0.5) is 0 Å². The van der Waals surface area contributed by atoms with E-state index in [9.17, 15) is 0 Å². The van der Waals surface area contributed by atoms with Crippen molar-refractivity contribution < 1.29 is 4.74 Å². The van der Waals surface area contributed by atoms with Gasteiger partial charge in [0.05, 0.1) is 6.61 Å². The Labute approximate surface area is 111 Å². The van der Waals surface area contributed by atoms with Crippen LogP contribution in [0.25, 0.3) is 0 Å². The summed E-state index contributed by atoms with van der Waals surface area (Å²) in [6, 6.07) is 6.74. The van der Waals surface area contributed by atoms with Gasteiger partial charge in [0.1, 0.15) is 5.75 Å². The highest BCUT2D eigenvalue weighted by Crippen LogP contribution is 2.26. The standard InChI is InChI=1S/C16H25NO/c1-5-7-8-11-18-16-12-13(3)9-10-15(16)14(4)17-6-2/h5,9-10,12,14,17H,1,6-8,11H2,2-4H3. The van der Waals surface area contributed by atoms with Crippen molar-refractivity contribution in [3.8, 4) is 5.75 Å². The number of ether oxygens (including phenoxy) is 1. The largest absolute Gasteiger partial charge is 0.493 e. The topological polar surface area (TPSA) is 21.3 Å². The van der Waals surface area contributed by atoms with Crippen LogP contribution in [0.15, 0.2) is 30.9 Å². The van der Waals surface area contributed by atoms with Gasteiger partial charge in [-0.05, 0) is 44.9 Å². The summed E-state index contributed by atoms with van der Waals surface area (Å²) in [4.78, 5) is 0. The lowest BCUT2D eigenvalue weighted by atomic mass is 10.0. The molecule has 0 aliphatic rings. The van der Waals surface area contributed by atoms with Gasteiger partial charge < -0.3 is 10.1 Å². The molecule has 1 atom stereocenters. The maximum absolute atomic E-state index is 5.90. The number of hydrogen-bond donors (Lipinski definition) is 1. The van der Waals surface area contributed by atoms with Gasteiger partial charge in [0, 0.05) is 11.6 Å².